The second-order valence-electron chi connectivity index (χ2n) is 10.4. The standard InChI is InChI=1S/C27H39N3O6/c1-5-7-13-28-24(33)22-27-16-17(3)26(4,36-27)20(21(27)25(34)30(22)14-8-15-31)23(32)29-18-9-11-19(12-10-18)35-6-2/h9-12,17,20-22,31H,5-8,13-16H2,1-4H3,(H,28,33)(H,29,32)/t17?,20-,21-,22?,26+,27?/m0/s1. The number of rotatable bonds is 11. The van der Waals surface area contributed by atoms with Crippen LogP contribution in [-0.2, 0) is 19.1 Å². The Balaban J connectivity index is 1.65. The highest BCUT2D eigenvalue weighted by Crippen LogP contribution is 2.65. The molecule has 3 N–H and O–H groups in total. The zero-order valence-electron chi connectivity index (χ0n) is 21.7. The molecule has 0 saturated carbocycles. The van der Waals surface area contributed by atoms with Crippen LogP contribution >= 0.6 is 0 Å². The summed E-state index contributed by atoms with van der Waals surface area (Å²) in [5, 5.41) is 15.4. The lowest BCUT2D eigenvalue weighted by atomic mass is 9.62. The lowest BCUT2D eigenvalue weighted by molar-refractivity contribution is -0.146. The Bertz CT molecular complexity index is 984. The van der Waals surface area contributed by atoms with E-state index in [-0.39, 0.29) is 36.8 Å². The van der Waals surface area contributed by atoms with Crippen LogP contribution in [0.5, 0.6) is 5.75 Å². The average molecular weight is 502 g/mol. The number of nitrogens with zero attached hydrogens (tertiary/aromatic N) is 1. The maximum absolute atomic E-state index is 13.8. The highest BCUT2D eigenvalue weighted by Gasteiger charge is 2.79. The van der Waals surface area contributed by atoms with Crippen LogP contribution in [0, 0.1) is 17.8 Å². The van der Waals surface area contributed by atoms with Gasteiger partial charge in [-0.1, -0.05) is 20.3 Å². The Hall–Kier alpha value is -2.65. The van der Waals surface area contributed by atoms with Crippen LogP contribution in [0.25, 0.3) is 0 Å². The number of hydrogen-bond acceptors (Lipinski definition) is 6. The number of benzene rings is 1. The van der Waals surface area contributed by atoms with E-state index < -0.39 is 29.1 Å². The van der Waals surface area contributed by atoms with Crippen LogP contribution in [0.15, 0.2) is 24.3 Å². The number of aliphatic hydroxyl groups is 1. The van der Waals surface area contributed by atoms with E-state index >= 15 is 0 Å². The maximum atomic E-state index is 13.8. The molecule has 1 aromatic carbocycles. The number of fused-ring (bicyclic) bond motifs is 1. The third-order valence-electron chi connectivity index (χ3n) is 8.16. The molecule has 36 heavy (non-hydrogen) atoms. The lowest BCUT2D eigenvalue weighted by Gasteiger charge is -2.36. The van der Waals surface area contributed by atoms with Gasteiger partial charge in [-0.2, -0.15) is 0 Å². The first-order chi connectivity index (χ1) is 17.2. The normalized spacial score (nSPS) is 32.5. The van der Waals surface area contributed by atoms with Crippen LogP contribution in [0.2, 0.25) is 0 Å². The molecule has 9 heteroatoms. The smallest absolute Gasteiger partial charge is 0.245 e. The van der Waals surface area contributed by atoms with Crippen molar-refractivity contribution in [1.82, 2.24) is 10.2 Å². The molecule has 1 spiro atoms. The molecular formula is C27H39N3O6. The minimum atomic E-state index is -1.07. The van der Waals surface area contributed by atoms with Crippen LogP contribution in [0.4, 0.5) is 5.69 Å². The second-order valence-corrected chi connectivity index (χ2v) is 10.4. The number of likely N-dealkylation sites (tertiary alicyclic amines) is 1. The second kappa shape index (κ2) is 10.4. The van der Waals surface area contributed by atoms with Crippen LogP contribution < -0.4 is 15.4 Å². The number of nitrogens with one attached hydrogen (secondary N) is 2. The van der Waals surface area contributed by atoms with Crippen molar-refractivity contribution in [3.63, 3.8) is 0 Å². The van der Waals surface area contributed by atoms with Gasteiger partial charge in [0.2, 0.25) is 17.7 Å². The summed E-state index contributed by atoms with van der Waals surface area (Å²) in [6.07, 6.45) is 2.64. The van der Waals surface area contributed by atoms with Gasteiger partial charge in [0.05, 0.1) is 24.0 Å². The topological polar surface area (TPSA) is 117 Å². The van der Waals surface area contributed by atoms with Crippen molar-refractivity contribution < 1.29 is 29.0 Å². The number of unbranched alkanes of at least 4 members (excludes halogenated alkanes) is 1. The van der Waals surface area contributed by atoms with E-state index in [0.29, 0.717) is 37.4 Å². The number of anilines is 1. The van der Waals surface area contributed by atoms with Crippen molar-refractivity contribution in [2.75, 3.05) is 31.6 Å². The molecule has 0 radical (unpaired) electrons. The minimum absolute atomic E-state index is 0.0265. The molecule has 6 atom stereocenters. The zero-order chi connectivity index (χ0) is 26.1. The van der Waals surface area contributed by atoms with Gasteiger partial charge in [0.15, 0.2) is 0 Å². The van der Waals surface area contributed by atoms with Crippen molar-refractivity contribution in [2.24, 2.45) is 17.8 Å². The summed E-state index contributed by atoms with van der Waals surface area (Å²) in [5.74, 6) is -1.61. The fraction of sp³-hybridized carbons (Fsp3) is 0.667. The molecule has 3 fully saturated rings. The fourth-order valence-electron chi connectivity index (χ4n) is 6.43. The molecule has 1 aromatic rings. The third-order valence-corrected chi connectivity index (χ3v) is 8.16. The summed E-state index contributed by atoms with van der Waals surface area (Å²) in [6.45, 7) is 9.08. The van der Waals surface area contributed by atoms with Crippen molar-refractivity contribution in [3.05, 3.63) is 24.3 Å². The molecule has 2 bridgehead atoms. The Morgan fingerprint density at radius 3 is 2.56 bits per heavy atom. The van der Waals surface area contributed by atoms with E-state index in [1.165, 1.54) is 4.90 Å². The maximum Gasteiger partial charge on any atom is 0.245 e. The van der Waals surface area contributed by atoms with Gasteiger partial charge in [-0.25, -0.2) is 0 Å². The third kappa shape index (κ3) is 4.26. The van der Waals surface area contributed by atoms with Gasteiger partial charge in [-0.05, 0) is 63.3 Å². The SMILES string of the molecule is CCCCNC(=O)C1N(CCCO)C(=O)[C@@H]2[C@@H](C(=O)Nc3ccc(OCC)cc3)[C@]3(C)OC12CC3C. The first kappa shape index (κ1) is 26.4. The van der Waals surface area contributed by atoms with Gasteiger partial charge < -0.3 is 30.1 Å². The largest absolute Gasteiger partial charge is 0.494 e. The van der Waals surface area contributed by atoms with Gasteiger partial charge >= 0.3 is 0 Å². The number of carbonyl (C=O) groups excluding carboxylic acids is 3. The van der Waals surface area contributed by atoms with Gasteiger partial charge in [-0.3, -0.25) is 14.4 Å². The summed E-state index contributed by atoms with van der Waals surface area (Å²) >= 11 is 0. The molecular weight excluding hydrogens is 462 g/mol. The summed E-state index contributed by atoms with van der Waals surface area (Å²) in [6, 6.07) is 6.29. The number of carbonyl (C=O) groups is 3. The van der Waals surface area contributed by atoms with E-state index in [4.69, 9.17) is 9.47 Å². The van der Waals surface area contributed by atoms with Gasteiger partial charge in [0.25, 0.3) is 0 Å². The van der Waals surface area contributed by atoms with Crippen LogP contribution in [-0.4, -0.2) is 71.3 Å². The number of aliphatic hydroxyl groups excluding tert-OH is 1. The molecule has 9 nitrogen and oxygen atoms in total. The molecule has 0 aromatic heterocycles. The first-order valence-electron chi connectivity index (χ1n) is 13.2. The van der Waals surface area contributed by atoms with Gasteiger partial charge in [-0.15, -0.1) is 0 Å². The van der Waals surface area contributed by atoms with Crippen LogP contribution in [0.3, 0.4) is 0 Å². The van der Waals surface area contributed by atoms with E-state index in [1.54, 1.807) is 24.3 Å². The Labute approximate surface area is 212 Å². The summed E-state index contributed by atoms with van der Waals surface area (Å²) in [7, 11) is 0. The predicted octanol–water partition coefficient (Wildman–Crippen LogP) is 2.33. The average Bonchev–Trinajstić information content (AvgIpc) is 3.36. The molecule has 4 rings (SSSR count). The minimum Gasteiger partial charge on any atom is -0.494 e. The molecule has 3 aliphatic heterocycles. The molecule has 0 aliphatic carbocycles. The van der Waals surface area contributed by atoms with Crippen LogP contribution in [0.1, 0.15) is 53.4 Å². The first-order valence-corrected chi connectivity index (χ1v) is 13.2. The quantitative estimate of drug-likeness (QED) is 0.401. The van der Waals surface area contributed by atoms with Crippen molar-refractivity contribution in [3.8, 4) is 5.75 Å². The molecule has 3 amide bonds. The van der Waals surface area contributed by atoms with Gasteiger partial charge in [0.1, 0.15) is 17.4 Å². The Kier molecular flexibility index (Phi) is 7.61. The molecule has 3 aliphatic rings. The zero-order valence-corrected chi connectivity index (χ0v) is 21.7. The Morgan fingerprint density at radius 2 is 1.92 bits per heavy atom. The van der Waals surface area contributed by atoms with E-state index in [2.05, 4.69) is 10.6 Å². The van der Waals surface area contributed by atoms with E-state index in [0.717, 1.165) is 12.8 Å². The number of hydrogen-bond donors (Lipinski definition) is 3. The fourth-order valence-corrected chi connectivity index (χ4v) is 6.43. The van der Waals surface area contributed by atoms with Crippen molar-refractivity contribution in [1.29, 1.82) is 0 Å². The number of ether oxygens (including phenoxy) is 2. The van der Waals surface area contributed by atoms with Crippen molar-refractivity contribution >= 4 is 23.4 Å². The highest BCUT2D eigenvalue weighted by molar-refractivity contribution is 6.02. The van der Waals surface area contributed by atoms with E-state index in [9.17, 15) is 19.5 Å². The monoisotopic (exact) mass is 501 g/mol. The van der Waals surface area contributed by atoms with E-state index in [1.807, 2.05) is 27.7 Å². The van der Waals surface area contributed by atoms with Gasteiger partial charge in [0, 0.05) is 25.4 Å². The molecule has 3 saturated heterocycles. The Morgan fingerprint density at radius 1 is 1.19 bits per heavy atom. The van der Waals surface area contributed by atoms with Crippen molar-refractivity contribution in [2.45, 2.75) is 70.6 Å². The molecule has 3 heterocycles. The number of amides is 3. The summed E-state index contributed by atoms with van der Waals surface area (Å²) < 4.78 is 12.1. The molecule has 198 valence electrons. The predicted molar refractivity (Wildman–Crippen MR) is 134 cm³/mol. The molecule has 3 unspecified atom stereocenters. The lowest BCUT2D eigenvalue weighted by Crippen LogP contribution is -2.56. The summed E-state index contributed by atoms with van der Waals surface area (Å²) in [5.41, 5.74) is -1.34. The summed E-state index contributed by atoms with van der Waals surface area (Å²) in [4.78, 5) is 42.6. The highest BCUT2D eigenvalue weighted by atomic mass is 16.5.